The topological polar surface area (TPSA) is 66.0 Å². The van der Waals surface area contributed by atoms with Crippen LogP contribution >= 0.6 is 11.8 Å². The van der Waals surface area contributed by atoms with Gasteiger partial charge in [0, 0.05) is 12.1 Å². The number of thioether (sulfide) groups is 1. The van der Waals surface area contributed by atoms with Crippen molar-refractivity contribution in [2.45, 2.75) is 24.3 Å². The first-order valence-corrected chi connectivity index (χ1v) is 6.50. The van der Waals surface area contributed by atoms with E-state index in [1.165, 1.54) is 0 Å². The van der Waals surface area contributed by atoms with E-state index in [1.54, 1.807) is 13.8 Å². The maximum Gasteiger partial charge on any atom is 0.317 e. The van der Waals surface area contributed by atoms with Gasteiger partial charge in [0.1, 0.15) is 5.25 Å². The summed E-state index contributed by atoms with van der Waals surface area (Å²) in [6, 6.07) is 1.99. The lowest BCUT2D eigenvalue weighted by Gasteiger charge is -2.13. The Morgan fingerprint density at radius 2 is 2.00 bits per heavy atom. The Hall–Kier alpha value is -1.63. The normalized spacial score (nSPS) is 13.1. The molecule has 2 rings (SSSR count). The van der Waals surface area contributed by atoms with Crippen LogP contribution < -0.4 is 0 Å². The van der Waals surface area contributed by atoms with Crippen molar-refractivity contribution in [3.8, 4) is 0 Å². The zero-order chi connectivity index (χ0) is 14.2. The molecule has 0 aliphatic rings. The van der Waals surface area contributed by atoms with E-state index >= 15 is 0 Å². The summed E-state index contributed by atoms with van der Waals surface area (Å²) in [5, 5.41) is 8.75. The summed E-state index contributed by atoms with van der Waals surface area (Å²) in [5.74, 6) is -2.98. The van der Waals surface area contributed by atoms with Crippen molar-refractivity contribution < 1.29 is 18.7 Å². The van der Waals surface area contributed by atoms with Gasteiger partial charge in [0.15, 0.2) is 16.8 Å². The standard InChI is InChI=1S/C12H12F2N2O2S/c1-5(2)10(11(17)18)19-12-15-8-3-6(13)7(14)4-9(8)16-12/h3-5,10H,1-2H3,(H,15,16)(H,17,18). The fourth-order valence-corrected chi connectivity index (χ4v) is 2.56. The molecule has 19 heavy (non-hydrogen) atoms. The number of carboxylic acid groups (broad SMARTS) is 1. The number of aromatic nitrogens is 2. The molecular weight excluding hydrogens is 274 g/mol. The molecule has 2 aromatic rings. The minimum absolute atomic E-state index is 0.0933. The van der Waals surface area contributed by atoms with Crippen LogP contribution in [0.15, 0.2) is 17.3 Å². The van der Waals surface area contributed by atoms with Gasteiger partial charge < -0.3 is 10.1 Å². The molecular formula is C12H12F2N2O2S. The maximum absolute atomic E-state index is 13.1. The minimum atomic E-state index is -0.978. The molecule has 2 N–H and O–H groups in total. The second-order valence-corrected chi connectivity index (χ2v) is 5.58. The van der Waals surface area contributed by atoms with Crippen LogP contribution in [0.5, 0.6) is 0 Å². The highest BCUT2D eigenvalue weighted by Gasteiger charge is 2.24. The fourth-order valence-electron chi connectivity index (χ4n) is 1.63. The molecule has 0 aliphatic carbocycles. The number of halogens is 2. The molecule has 0 amide bonds. The number of nitrogens with zero attached hydrogens (tertiary/aromatic N) is 1. The predicted molar refractivity (Wildman–Crippen MR) is 68.1 cm³/mol. The highest BCUT2D eigenvalue weighted by Crippen LogP contribution is 2.28. The summed E-state index contributed by atoms with van der Waals surface area (Å²) in [6.07, 6.45) is 0. The smallest absolute Gasteiger partial charge is 0.317 e. The minimum Gasteiger partial charge on any atom is -0.480 e. The van der Waals surface area contributed by atoms with E-state index in [9.17, 15) is 13.6 Å². The second-order valence-electron chi connectivity index (χ2n) is 4.45. The van der Waals surface area contributed by atoms with Crippen molar-refractivity contribution in [1.29, 1.82) is 0 Å². The number of carboxylic acids is 1. The third kappa shape index (κ3) is 2.86. The van der Waals surface area contributed by atoms with Crippen LogP contribution in [0.25, 0.3) is 11.0 Å². The van der Waals surface area contributed by atoms with Crippen molar-refractivity contribution in [1.82, 2.24) is 9.97 Å². The number of H-pyrrole nitrogens is 1. The highest BCUT2D eigenvalue weighted by molar-refractivity contribution is 8.00. The van der Waals surface area contributed by atoms with E-state index in [-0.39, 0.29) is 11.4 Å². The molecule has 0 spiro atoms. The zero-order valence-electron chi connectivity index (χ0n) is 10.3. The van der Waals surface area contributed by atoms with Gasteiger partial charge in [-0.15, -0.1) is 0 Å². The molecule has 0 radical (unpaired) electrons. The lowest BCUT2D eigenvalue weighted by molar-refractivity contribution is -0.137. The van der Waals surface area contributed by atoms with E-state index in [0.29, 0.717) is 10.7 Å². The second kappa shape index (κ2) is 5.16. The van der Waals surface area contributed by atoms with Crippen molar-refractivity contribution in [2.24, 2.45) is 5.92 Å². The molecule has 0 aliphatic heterocycles. The molecule has 102 valence electrons. The fraction of sp³-hybridized carbons (Fsp3) is 0.333. The molecule has 0 saturated heterocycles. The van der Waals surface area contributed by atoms with Crippen LogP contribution in [-0.2, 0) is 4.79 Å². The van der Waals surface area contributed by atoms with Crippen LogP contribution in [0, 0.1) is 17.6 Å². The summed E-state index contributed by atoms with van der Waals surface area (Å²) < 4.78 is 26.1. The van der Waals surface area contributed by atoms with Gasteiger partial charge in [-0.05, 0) is 5.92 Å². The van der Waals surface area contributed by atoms with Gasteiger partial charge in [-0.1, -0.05) is 25.6 Å². The van der Waals surface area contributed by atoms with Gasteiger partial charge in [-0.3, -0.25) is 4.79 Å². The number of aromatic amines is 1. The molecule has 0 bridgehead atoms. The Labute approximate surface area is 112 Å². The average molecular weight is 286 g/mol. The summed E-state index contributed by atoms with van der Waals surface area (Å²) in [4.78, 5) is 17.9. The molecule has 1 aromatic heterocycles. The van der Waals surface area contributed by atoms with Crippen LogP contribution in [0.4, 0.5) is 8.78 Å². The number of hydrogen-bond donors (Lipinski definition) is 2. The number of aliphatic carboxylic acids is 1. The Morgan fingerprint density at radius 1 is 1.37 bits per heavy atom. The quantitative estimate of drug-likeness (QED) is 0.848. The first-order valence-electron chi connectivity index (χ1n) is 5.62. The van der Waals surface area contributed by atoms with E-state index in [0.717, 1.165) is 23.9 Å². The van der Waals surface area contributed by atoms with Crippen LogP contribution in [0.1, 0.15) is 13.8 Å². The van der Waals surface area contributed by atoms with Crippen LogP contribution in [0.3, 0.4) is 0 Å². The average Bonchev–Trinajstić information content (AvgIpc) is 2.67. The molecule has 1 heterocycles. The number of hydrogen-bond acceptors (Lipinski definition) is 3. The van der Waals surface area contributed by atoms with E-state index in [1.807, 2.05) is 0 Å². The van der Waals surface area contributed by atoms with Gasteiger partial charge in [0.2, 0.25) is 0 Å². The molecule has 7 heteroatoms. The number of rotatable bonds is 4. The molecule has 1 unspecified atom stereocenters. The molecule has 0 fully saturated rings. The third-order valence-electron chi connectivity index (χ3n) is 2.59. The summed E-state index contributed by atoms with van der Waals surface area (Å²) in [6.45, 7) is 3.57. The Morgan fingerprint density at radius 3 is 2.58 bits per heavy atom. The van der Waals surface area contributed by atoms with E-state index in [4.69, 9.17) is 5.11 Å². The Bertz CT molecular complexity index is 588. The van der Waals surface area contributed by atoms with Gasteiger partial charge in [-0.25, -0.2) is 13.8 Å². The number of imidazole rings is 1. The van der Waals surface area contributed by atoms with Gasteiger partial charge in [0.05, 0.1) is 11.0 Å². The summed E-state index contributed by atoms with van der Waals surface area (Å²) >= 11 is 1.03. The Kier molecular flexibility index (Phi) is 3.75. The van der Waals surface area contributed by atoms with Crippen LogP contribution in [0.2, 0.25) is 0 Å². The zero-order valence-corrected chi connectivity index (χ0v) is 11.1. The molecule has 1 aromatic carbocycles. The van der Waals surface area contributed by atoms with Crippen molar-refractivity contribution in [3.63, 3.8) is 0 Å². The molecule has 4 nitrogen and oxygen atoms in total. The lowest BCUT2D eigenvalue weighted by Crippen LogP contribution is -2.22. The number of nitrogens with one attached hydrogen (secondary N) is 1. The van der Waals surface area contributed by atoms with E-state index < -0.39 is 22.9 Å². The first-order chi connectivity index (χ1) is 8.88. The SMILES string of the molecule is CC(C)C(Sc1nc2cc(F)c(F)cc2[nH]1)C(=O)O. The molecule has 1 atom stereocenters. The Balaban J connectivity index is 2.33. The third-order valence-corrected chi connectivity index (χ3v) is 4.01. The van der Waals surface area contributed by atoms with Gasteiger partial charge >= 0.3 is 5.97 Å². The van der Waals surface area contributed by atoms with Crippen molar-refractivity contribution in [2.75, 3.05) is 0 Å². The predicted octanol–water partition coefficient (Wildman–Crippen LogP) is 3.04. The number of fused-ring (bicyclic) bond motifs is 1. The van der Waals surface area contributed by atoms with Crippen LogP contribution in [-0.4, -0.2) is 26.3 Å². The van der Waals surface area contributed by atoms with Crippen molar-refractivity contribution in [3.05, 3.63) is 23.8 Å². The lowest BCUT2D eigenvalue weighted by atomic mass is 10.1. The monoisotopic (exact) mass is 286 g/mol. The largest absolute Gasteiger partial charge is 0.480 e. The maximum atomic E-state index is 13.1. The first kappa shape index (κ1) is 13.8. The summed E-state index contributed by atoms with van der Waals surface area (Å²) in [7, 11) is 0. The number of carbonyl (C=O) groups is 1. The van der Waals surface area contributed by atoms with Gasteiger partial charge in [-0.2, -0.15) is 0 Å². The van der Waals surface area contributed by atoms with E-state index in [2.05, 4.69) is 9.97 Å². The van der Waals surface area contributed by atoms with Crippen molar-refractivity contribution >= 4 is 28.8 Å². The van der Waals surface area contributed by atoms with Gasteiger partial charge in [0.25, 0.3) is 0 Å². The summed E-state index contributed by atoms with van der Waals surface area (Å²) in [5.41, 5.74) is 0.614. The molecule has 0 saturated carbocycles. The number of benzene rings is 1. The highest BCUT2D eigenvalue weighted by atomic mass is 32.2.